The number of fused-ring (bicyclic) bond motifs is 1. The summed E-state index contributed by atoms with van der Waals surface area (Å²) in [5.74, 6) is 0.0538. The third kappa shape index (κ3) is 1.62. The zero-order chi connectivity index (χ0) is 10.1. The fourth-order valence-corrected chi connectivity index (χ4v) is 2.76. The lowest BCUT2D eigenvalue weighted by Gasteiger charge is -2.23. The highest BCUT2D eigenvalue weighted by Crippen LogP contribution is 2.40. The first-order chi connectivity index (χ1) is 6.72. The van der Waals surface area contributed by atoms with Gasteiger partial charge in [-0.05, 0) is 18.6 Å². The molecule has 14 heavy (non-hydrogen) atoms. The van der Waals surface area contributed by atoms with Crippen molar-refractivity contribution in [3.63, 3.8) is 0 Å². The Morgan fingerprint density at radius 1 is 1.57 bits per heavy atom. The van der Waals surface area contributed by atoms with Crippen molar-refractivity contribution < 1.29 is 4.79 Å². The number of hydrogen-bond acceptors (Lipinski definition) is 2. The van der Waals surface area contributed by atoms with Crippen LogP contribution >= 0.6 is 23.4 Å². The molecule has 0 bridgehead atoms. The first kappa shape index (κ1) is 9.87. The molecule has 1 unspecified atom stereocenters. The van der Waals surface area contributed by atoms with Gasteiger partial charge < -0.3 is 5.32 Å². The number of rotatable bonds is 1. The van der Waals surface area contributed by atoms with Gasteiger partial charge in [-0.1, -0.05) is 24.6 Å². The molecule has 1 aromatic rings. The average Bonchev–Trinajstić information content (AvgIpc) is 2.19. The zero-order valence-corrected chi connectivity index (χ0v) is 9.28. The Morgan fingerprint density at radius 3 is 3.07 bits per heavy atom. The molecule has 1 aliphatic rings. The summed E-state index contributed by atoms with van der Waals surface area (Å²) in [5.41, 5.74) is 0.758. The van der Waals surface area contributed by atoms with Crippen LogP contribution in [0.5, 0.6) is 0 Å². The molecular weight excluding hydrogens is 218 g/mol. The molecule has 1 amide bonds. The standard InChI is InChI=1S/C10H10ClNOS/c1-2-7-10(13)12-9-6(11)4-3-5-8(9)14-7/h3-5,7H,2H2,1H3,(H,12,13). The van der Waals surface area contributed by atoms with E-state index in [4.69, 9.17) is 11.6 Å². The van der Waals surface area contributed by atoms with Crippen LogP contribution in [0.4, 0.5) is 5.69 Å². The molecule has 0 aromatic heterocycles. The minimum atomic E-state index is 0.0148. The monoisotopic (exact) mass is 227 g/mol. The number of halogens is 1. The molecule has 2 rings (SSSR count). The third-order valence-corrected chi connectivity index (χ3v) is 3.90. The van der Waals surface area contributed by atoms with Crippen LogP contribution in [0.3, 0.4) is 0 Å². The molecule has 0 saturated heterocycles. The van der Waals surface area contributed by atoms with Crippen LogP contribution in [-0.2, 0) is 4.79 Å². The number of hydrogen-bond donors (Lipinski definition) is 1. The Balaban J connectivity index is 2.40. The zero-order valence-electron chi connectivity index (χ0n) is 7.71. The Kier molecular flexibility index (Phi) is 2.70. The van der Waals surface area contributed by atoms with Crippen LogP contribution in [0.1, 0.15) is 13.3 Å². The van der Waals surface area contributed by atoms with Gasteiger partial charge in [-0.3, -0.25) is 4.79 Å². The van der Waals surface area contributed by atoms with Crippen molar-refractivity contribution >= 4 is 35.0 Å². The van der Waals surface area contributed by atoms with E-state index in [-0.39, 0.29) is 11.2 Å². The quantitative estimate of drug-likeness (QED) is 0.799. The van der Waals surface area contributed by atoms with Crippen molar-refractivity contribution in [2.75, 3.05) is 5.32 Å². The number of para-hydroxylation sites is 1. The Morgan fingerprint density at radius 2 is 2.36 bits per heavy atom. The number of benzene rings is 1. The van der Waals surface area contributed by atoms with Crippen LogP contribution < -0.4 is 5.32 Å². The van der Waals surface area contributed by atoms with Crippen molar-refractivity contribution in [3.05, 3.63) is 23.2 Å². The summed E-state index contributed by atoms with van der Waals surface area (Å²) >= 11 is 7.55. The summed E-state index contributed by atoms with van der Waals surface area (Å²) in [6.45, 7) is 2.01. The molecule has 0 saturated carbocycles. The van der Waals surface area contributed by atoms with Crippen molar-refractivity contribution in [1.29, 1.82) is 0 Å². The van der Waals surface area contributed by atoms with Crippen LogP contribution in [0.25, 0.3) is 0 Å². The fraction of sp³-hybridized carbons (Fsp3) is 0.300. The number of amides is 1. The van der Waals surface area contributed by atoms with E-state index in [1.165, 1.54) is 0 Å². The van der Waals surface area contributed by atoms with Crippen molar-refractivity contribution in [2.24, 2.45) is 0 Å². The van der Waals surface area contributed by atoms with Crippen LogP contribution in [0, 0.1) is 0 Å². The summed E-state index contributed by atoms with van der Waals surface area (Å²) in [6.07, 6.45) is 0.836. The highest BCUT2D eigenvalue weighted by molar-refractivity contribution is 8.01. The van der Waals surface area contributed by atoms with Gasteiger partial charge in [0.05, 0.1) is 16.0 Å². The molecule has 1 heterocycles. The van der Waals surface area contributed by atoms with E-state index >= 15 is 0 Å². The van der Waals surface area contributed by atoms with Gasteiger partial charge in [-0.25, -0.2) is 0 Å². The molecule has 1 N–H and O–H groups in total. The summed E-state index contributed by atoms with van der Waals surface area (Å²) in [4.78, 5) is 12.6. The van der Waals surface area contributed by atoms with Gasteiger partial charge in [0.2, 0.25) is 5.91 Å². The Labute approximate surface area is 92.0 Å². The van der Waals surface area contributed by atoms with E-state index in [0.29, 0.717) is 5.02 Å². The van der Waals surface area contributed by atoms with Gasteiger partial charge >= 0.3 is 0 Å². The molecule has 0 fully saturated rings. The summed E-state index contributed by atoms with van der Waals surface area (Å²) in [7, 11) is 0. The summed E-state index contributed by atoms with van der Waals surface area (Å²) in [6, 6.07) is 5.67. The summed E-state index contributed by atoms with van der Waals surface area (Å²) in [5, 5.41) is 3.46. The fourth-order valence-electron chi connectivity index (χ4n) is 1.40. The minimum Gasteiger partial charge on any atom is -0.323 e. The molecule has 0 radical (unpaired) electrons. The van der Waals surface area contributed by atoms with E-state index in [2.05, 4.69) is 5.32 Å². The van der Waals surface area contributed by atoms with Gasteiger partial charge in [-0.2, -0.15) is 0 Å². The predicted molar refractivity (Wildman–Crippen MR) is 60.0 cm³/mol. The number of carbonyl (C=O) groups excluding carboxylic acids is 1. The first-order valence-corrected chi connectivity index (χ1v) is 5.74. The Hall–Kier alpha value is -0.670. The van der Waals surface area contributed by atoms with Gasteiger partial charge in [0.25, 0.3) is 0 Å². The highest BCUT2D eigenvalue weighted by atomic mass is 35.5. The third-order valence-electron chi connectivity index (χ3n) is 2.16. The SMILES string of the molecule is CCC1Sc2cccc(Cl)c2NC1=O. The maximum Gasteiger partial charge on any atom is 0.237 e. The second-order valence-electron chi connectivity index (χ2n) is 3.12. The second-order valence-corrected chi connectivity index (χ2v) is 4.77. The maximum atomic E-state index is 11.5. The molecule has 4 heteroatoms. The van der Waals surface area contributed by atoms with Gasteiger partial charge in [0.1, 0.15) is 0 Å². The van der Waals surface area contributed by atoms with E-state index in [0.717, 1.165) is 17.0 Å². The van der Waals surface area contributed by atoms with E-state index < -0.39 is 0 Å². The largest absolute Gasteiger partial charge is 0.323 e. The smallest absolute Gasteiger partial charge is 0.237 e. The predicted octanol–water partition coefficient (Wildman–Crippen LogP) is 3.16. The molecule has 2 nitrogen and oxygen atoms in total. The van der Waals surface area contributed by atoms with Crippen molar-refractivity contribution in [3.8, 4) is 0 Å². The van der Waals surface area contributed by atoms with Crippen molar-refractivity contribution in [2.45, 2.75) is 23.5 Å². The maximum absolute atomic E-state index is 11.5. The number of nitrogens with one attached hydrogen (secondary N) is 1. The van der Waals surface area contributed by atoms with Crippen LogP contribution in [0.15, 0.2) is 23.1 Å². The van der Waals surface area contributed by atoms with E-state index in [1.54, 1.807) is 17.8 Å². The Bertz CT molecular complexity index is 380. The molecule has 74 valence electrons. The first-order valence-electron chi connectivity index (χ1n) is 4.48. The molecule has 1 aliphatic heterocycles. The van der Waals surface area contributed by atoms with Crippen molar-refractivity contribution in [1.82, 2.24) is 0 Å². The van der Waals surface area contributed by atoms with Crippen LogP contribution in [0.2, 0.25) is 5.02 Å². The molecule has 1 aromatic carbocycles. The van der Waals surface area contributed by atoms with Crippen LogP contribution in [-0.4, -0.2) is 11.2 Å². The lowest BCUT2D eigenvalue weighted by molar-refractivity contribution is -0.115. The number of thioether (sulfide) groups is 1. The normalized spacial score (nSPS) is 20.1. The lowest BCUT2D eigenvalue weighted by Crippen LogP contribution is -2.28. The number of carbonyl (C=O) groups is 1. The lowest BCUT2D eigenvalue weighted by atomic mass is 10.2. The molecule has 0 spiro atoms. The van der Waals surface area contributed by atoms with E-state index in [1.807, 2.05) is 19.1 Å². The molecular formula is C10H10ClNOS. The average molecular weight is 228 g/mol. The second kappa shape index (κ2) is 3.83. The highest BCUT2D eigenvalue weighted by Gasteiger charge is 2.26. The molecule has 1 atom stereocenters. The van der Waals surface area contributed by atoms with E-state index in [9.17, 15) is 4.79 Å². The summed E-state index contributed by atoms with van der Waals surface area (Å²) < 4.78 is 0. The number of anilines is 1. The molecule has 0 aliphatic carbocycles. The topological polar surface area (TPSA) is 29.1 Å². The minimum absolute atomic E-state index is 0.0148. The van der Waals surface area contributed by atoms with Gasteiger partial charge in [0.15, 0.2) is 0 Å². The van der Waals surface area contributed by atoms with Gasteiger partial charge in [0, 0.05) is 4.90 Å². The van der Waals surface area contributed by atoms with Gasteiger partial charge in [-0.15, -0.1) is 11.8 Å².